The fourth-order valence-corrected chi connectivity index (χ4v) is 2.62. The minimum absolute atomic E-state index is 0.431. The molecule has 1 N–H and O–H groups in total. The van der Waals surface area contributed by atoms with Gasteiger partial charge in [0.15, 0.2) is 0 Å². The van der Waals surface area contributed by atoms with Gasteiger partial charge in [0, 0.05) is 24.2 Å². The summed E-state index contributed by atoms with van der Waals surface area (Å²) in [7, 11) is 0. The molecule has 0 spiro atoms. The van der Waals surface area contributed by atoms with Crippen molar-refractivity contribution >= 4 is 11.6 Å². The van der Waals surface area contributed by atoms with Crippen LogP contribution in [0.25, 0.3) is 0 Å². The molecule has 1 aliphatic heterocycles. The highest BCUT2D eigenvalue weighted by Crippen LogP contribution is 2.19. The van der Waals surface area contributed by atoms with Crippen molar-refractivity contribution in [2.45, 2.75) is 25.4 Å². The first-order valence-electron chi connectivity index (χ1n) is 6.35. The molecule has 1 aromatic rings. The number of halogens is 1. The zero-order chi connectivity index (χ0) is 12.8. The van der Waals surface area contributed by atoms with E-state index in [0.717, 1.165) is 31.1 Å². The van der Waals surface area contributed by atoms with E-state index in [2.05, 4.69) is 22.4 Å². The number of rotatable bonds is 4. The minimum atomic E-state index is 0.431. The summed E-state index contributed by atoms with van der Waals surface area (Å²) in [6.07, 6.45) is 2.33. The predicted octanol–water partition coefficient (Wildman–Crippen LogP) is 2.42. The first kappa shape index (κ1) is 13.4. The van der Waals surface area contributed by atoms with Crippen LogP contribution in [0.5, 0.6) is 0 Å². The Labute approximate surface area is 113 Å². The summed E-state index contributed by atoms with van der Waals surface area (Å²) in [5, 5.41) is 12.7. The number of hydrogen-bond acceptors (Lipinski definition) is 3. The number of hydrogen-bond donors (Lipinski definition) is 1. The maximum atomic E-state index is 8.59. The van der Waals surface area contributed by atoms with E-state index in [4.69, 9.17) is 16.9 Å². The third kappa shape index (κ3) is 3.71. The van der Waals surface area contributed by atoms with Crippen LogP contribution < -0.4 is 5.32 Å². The minimum Gasteiger partial charge on any atom is -0.300 e. The molecule has 4 heteroatoms. The van der Waals surface area contributed by atoms with Crippen molar-refractivity contribution < 1.29 is 0 Å². The number of nitriles is 1. The second-order valence-corrected chi connectivity index (χ2v) is 5.11. The van der Waals surface area contributed by atoms with Gasteiger partial charge < -0.3 is 5.32 Å². The lowest BCUT2D eigenvalue weighted by Crippen LogP contribution is -2.45. The van der Waals surface area contributed by atoms with Gasteiger partial charge in [-0.3, -0.25) is 4.90 Å². The lowest BCUT2D eigenvalue weighted by molar-refractivity contribution is 0.186. The summed E-state index contributed by atoms with van der Waals surface area (Å²) in [5.74, 6) is 0. The van der Waals surface area contributed by atoms with Crippen LogP contribution in [0, 0.1) is 11.3 Å². The van der Waals surface area contributed by atoms with Crippen molar-refractivity contribution in [3.8, 4) is 6.07 Å². The Morgan fingerprint density at radius 2 is 2.28 bits per heavy atom. The monoisotopic (exact) mass is 263 g/mol. The number of nitrogens with one attached hydrogen (secondary N) is 1. The van der Waals surface area contributed by atoms with E-state index >= 15 is 0 Å². The standard InChI is InChI=1S/C14H18ClN3/c15-14-6-2-1-4-12(14)10-18-9-3-5-13(11-18)17-8-7-16/h1-2,4,6,13,17H,3,5,8-11H2. The van der Waals surface area contributed by atoms with Crippen molar-refractivity contribution in [3.05, 3.63) is 34.9 Å². The lowest BCUT2D eigenvalue weighted by Gasteiger charge is -2.33. The smallest absolute Gasteiger partial charge is 0.0843 e. The second kappa shape index (κ2) is 6.75. The van der Waals surface area contributed by atoms with Crippen LogP contribution in [0.15, 0.2) is 24.3 Å². The molecule has 0 aliphatic carbocycles. The summed E-state index contributed by atoms with van der Waals surface area (Å²) in [6, 6.07) is 10.6. The van der Waals surface area contributed by atoms with Crippen LogP contribution in [-0.2, 0) is 6.54 Å². The summed E-state index contributed by atoms with van der Waals surface area (Å²) >= 11 is 6.18. The molecule has 1 fully saturated rings. The molecule has 3 nitrogen and oxygen atoms in total. The molecule has 1 heterocycles. The Morgan fingerprint density at radius 1 is 1.44 bits per heavy atom. The van der Waals surface area contributed by atoms with Gasteiger partial charge in [-0.25, -0.2) is 0 Å². The fourth-order valence-electron chi connectivity index (χ4n) is 2.42. The van der Waals surface area contributed by atoms with Crippen LogP contribution in [0.2, 0.25) is 5.02 Å². The average molecular weight is 264 g/mol. The third-order valence-corrected chi connectivity index (χ3v) is 3.70. The highest BCUT2D eigenvalue weighted by Gasteiger charge is 2.19. The van der Waals surface area contributed by atoms with Crippen LogP contribution in [0.4, 0.5) is 0 Å². The Balaban J connectivity index is 1.90. The van der Waals surface area contributed by atoms with Crippen molar-refractivity contribution in [3.63, 3.8) is 0 Å². The molecule has 1 saturated heterocycles. The maximum absolute atomic E-state index is 8.59. The lowest BCUT2D eigenvalue weighted by atomic mass is 10.0. The number of benzene rings is 1. The summed E-state index contributed by atoms with van der Waals surface area (Å²) in [6.45, 7) is 3.43. The van der Waals surface area contributed by atoms with E-state index in [9.17, 15) is 0 Å². The van der Waals surface area contributed by atoms with Gasteiger partial charge in [-0.2, -0.15) is 5.26 Å². The molecule has 0 saturated carbocycles. The van der Waals surface area contributed by atoms with E-state index in [1.165, 1.54) is 12.0 Å². The molecular formula is C14H18ClN3. The van der Waals surface area contributed by atoms with Crippen molar-refractivity contribution in [1.82, 2.24) is 10.2 Å². The first-order chi connectivity index (χ1) is 8.79. The predicted molar refractivity (Wildman–Crippen MR) is 73.4 cm³/mol. The molecule has 1 aliphatic rings. The third-order valence-electron chi connectivity index (χ3n) is 3.33. The van der Waals surface area contributed by atoms with Crippen LogP contribution in [-0.4, -0.2) is 30.6 Å². The molecule has 18 heavy (non-hydrogen) atoms. The molecule has 0 bridgehead atoms. The Hall–Kier alpha value is -1.08. The van der Waals surface area contributed by atoms with Crippen molar-refractivity contribution in [2.24, 2.45) is 0 Å². The van der Waals surface area contributed by atoms with Crippen molar-refractivity contribution in [1.29, 1.82) is 5.26 Å². The fraction of sp³-hybridized carbons (Fsp3) is 0.500. The quantitative estimate of drug-likeness (QED) is 0.848. The molecule has 96 valence electrons. The summed E-state index contributed by atoms with van der Waals surface area (Å²) in [5.41, 5.74) is 1.18. The molecule has 0 amide bonds. The number of nitrogens with zero attached hydrogens (tertiary/aromatic N) is 2. The molecule has 2 rings (SSSR count). The second-order valence-electron chi connectivity index (χ2n) is 4.70. The van der Waals surface area contributed by atoms with E-state index in [1.807, 2.05) is 18.2 Å². The molecule has 0 radical (unpaired) electrons. The zero-order valence-corrected chi connectivity index (χ0v) is 11.2. The van der Waals surface area contributed by atoms with Crippen LogP contribution in [0.1, 0.15) is 18.4 Å². The van der Waals surface area contributed by atoms with E-state index in [-0.39, 0.29) is 0 Å². The Morgan fingerprint density at radius 3 is 3.06 bits per heavy atom. The van der Waals surface area contributed by atoms with Gasteiger partial charge in [-0.1, -0.05) is 29.8 Å². The molecule has 0 aromatic heterocycles. The summed E-state index contributed by atoms with van der Waals surface area (Å²) < 4.78 is 0. The maximum Gasteiger partial charge on any atom is 0.0843 e. The Kier molecular flexibility index (Phi) is 5.00. The van der Waals surface area contributed by atoms with Gasteiger partial charge in [0.25, 0.3) is 0 Å². The Bertz CT molecular complexity index is 427. The normalized spacial score (nSPS) is 20.6. The highest BCUT2D eigenvalue weighted by molar-refractivity contribution is 6.31. The number of likely N-dealkylation sites (tertiary alicyclic amines) is 1. The molecule has 1 unspecified atom stereocenters. The van der Waals surface area contributed by atoms with Crippen LogP contribution in [0.3, 0.4) is 0 Å². The van der Waals surface area contributed by atoms with E-state index < -0.39 is 0 Å². The molecular weight excluding hydrogens is 246 g/mol. The van der Waals surface area contributed by atoms with Crippen molar-refractivity contribution in [2.75, 3.05) is 19.6 Å². The van der Waals surface area contributed by atoms with Crippen LogP contribution >= 0.6 is 11.6 Å². The van der Waals surface area contributed by atoms with Gasteiger partial charge >= 0.3 is 0 Å². The SMILES string of the molecule is N#CCNC1CCCN(Cc2ccccc2Cl)C1. The van der Waals surface area contributed by atoms with Gasteiger partial charge in [0.1, 0.15) is 0 Å². The average Bonchev–Trinajstić information content (AvgIpc) is 2.40. The zero-order valence-electron chi connectivity index (χ0n) is 10.4. The highest BCUT2D eigenvalue weighted by atomic mass is 35.5. The van der Waals surface area contributed by atoms with Gasteiger partial charge in [-0.05, 0) is 31.0 Å². The first-order valence-corrected chi connectivity index (χ1v) is 6.73. The molecule has 1 aromatic carbocycles. The van der Waals surface area contributed by atoms with E-state index in [0.29, 0.717) is 12.6 Å². The topological polar surface area (TPSA) is 39.1 Å². The van der Waals surface area contributed by atoms with Gasteiger partial charge in [0.2, 0.25) is 0 Å². The van der Waals surface area contributed by atoms with Gasteiger partial charge in [0.05, 0.1) is 12.6 Å². The summed E-state index contributed by atoms with van der Waals surface area (Å²) in [4.78, 5) is 2.40. The molecule has 1 atom stereocenters. The number of piperidine rings is 1. The van der Waals surface area contributed by atoms with Gasteiger partial charge in [-0.15, -0.1) is 0 Å². The van der Waals surface area contributed by atoms with E-state index in [1.54, 1.807) is 0 Å². The largest absolute Gasteiger partial charge is 0.300 e.